The molecule has 0 spiro atoms. The molecule has 17 heavy (non-hydrogen) atoms. The molecule has 0 saturated heterocycles. The number of hydrogen-bond donors (Lipinski definition) is 1. The number of aliphatic imine (C=N–C) groups is 1. The summed E-state index contributed by atoms with van der Waals surface area (Å²) in [4.78, 5) is 4.43. The second-order valence-corrected chi connectivity index (χ2v) is 5.57. The molecule has 3 nitrogen and oxygen atoms in total. The topological polar surface area (TPSA) is 47.6 Å². The van der Waals surface area contributed by atoms with Gasteiger partial charge in [-0.3, -0.25) is 0 Å². The van der Waals surface area contributed by atoms with E-state index in [4.69, 9.17) is 10.5 Å². The van der Waals surface area contributed by atoms with Crippen LogP contribution in [0.4, 0.5) is 0 Å². The smallest absolute Gasteiger partial charge is 0.211 e. The Labute approximate surface area is 110 Å². The lowest BCUT2D eigenvalue weighted by atomic mass is 10.1. The molecule has 0 atom stereocenters. The second kappa shape index (κ2) is 4.53. The van der Waals surface area contributed by atoms with Gasteiger partial charge in [-0.2, -0.15) is 0 Å². The highest BCUT2D eigenvalue weighted by Crippen LogP contribution is 2.19. The summed E-state index contributed by atoms with van der Waals surface area (Å²) in [7, 11) is 0. The highest BCUT2D eigenvalue weighted by molar-refractivity contribution is 9.10. The molecule has 1 aromatic rings. The molecule has 0 fully saturated rings. The maximum absolute atomic E-state index is 6.00. The van der Waals surface area contributed by atoms with Crippen molar-refractivity contribution in [3.8, 4) is 0 Å². The van der Waals surface area contributed by atoms with E-state index >= 15 is 0 Å². The zero-order valence-corrected chi connectivity index (χ0v) is 11.5. The van der Waals surface area contributed by atoms with Crippen LogP contribution in [0.3, 0.4) is 0 Å². The quantitative estimate of drug-likeness (QED) is 0.912. The van der Waals surface area contributed by atoms with E-state index < -0.39 is 0 Å². The number of benzene rings is 1. The van der Waals surface area contributed by atoms with E-state index in [0.717, 1.165) is 10.0 Å². The van der Waals surface area contributed by atoms with E-state index in [-0.39, 0.29) is 5.54 Å². The average molecular weight is 295 g/mol. The van der Waals surface area contributed by atoms with Crippen molar-refractivity contribution in [3.05, 3.63) is 40.4 Å². The molecule has 0 saturated carbocycles. The van der Waals surface area contributed by atoms with Crippen molar-refractivity contribution in [2.75, 3.05) is 6.61 Å². The van der Waals surface area contributed by atoms with Gasteiger partial charge in [0.25, 0.3) is 0 Å². The van der Waals surface area contributed by atoms with Gasteiger partial charge in [0.2, 0.25) is 5.90 Å². The first kappa shape index (κ1) is 12.2. The lowest BCUT2D eigenvalue weighted by Crippen LogP contribution is -2.17. The molecule has 0 bridgehead atoms. The van der Waals surface area contributed by atoms with Crippen LogP contribution in [-0.4, -0.2) is 18.0 Å². The summed E-state index contributed by atoms with van der Waals surface area (Å²) in [5.41, 5.74) is 7.47. The Kier molecular flexibility index (Phi) is 3.24. The summed E-state index contributed by atoms with van der Waals surface area (Å²) in [5, 5.41) is 0. The average Bonchev–Trinajstić information content (AvgIpc) is 2.59. The van der Waals surface area contributed by atoms with Crippen LogP contribution in [0, 0.1) is 0 Å². The van der Waals surface area contributed by atoms with Gasteiger partial charge >= 0.3 is 0 Å². The lowest BCUT2D eigenvalue weighted by molar-refractivity contribution is 0.280. The van der Waals surface area contributed by atoms with Gasteiger partial charge in [-0.1, -0.05) is 28.1 Å². The van der Waals surface area contributed by atoms with Gasteiger partial charge in [-0.05, 0) is 31.5 Å². The molecule has 0 aromatic heterocycles. The predicted molar refractivity (Wildman–Crippen MR) is 73.8 cm³/mol. The van der Waals surface area contributed by atoms with Crippen LogP contribution in [0.1, 0.15) is 19.4 Å². The number of rotatable bonds is 2. The van der Waals surface area contributed by atoms with Crippen molar-refractivity contribution in [2.45, 2.75) is 19.4 Å². The maximum Gasteiger partial charge on any atom is 0.211 e. The van der Waals surface area contributed by atoms with Crippen molar-refractivity contribution in [2.24, 2.45) is 10.7 Å². The van der Waals surface area contributed by atoms with Gasteiger partial charge in [-0.15, -0.1) is 0 Å². The van der Waals surface area contributed by atoms with Crippen molar-refractivity contribution < 1.29 is 4.74 Å². The largest absolute Gasteiger partial charge is 0.475 e. The molecular weight excluding hydrogens is 280 g/mol. The molecule has 2 N–H and O–H groups in total. The highest BCUT2D eigenvalue weighted by Gasteiger charge is 2.25. The van der Waals surface area contributed by atoms with Gasteiger partial charge in [0.05, 0.1) is 5.54 Å². The van der Waals surface area contributed by atoms with E-state index in [1.54, 1.807) is 6.08 Å². The zero-order valence-electron chi connectivity index (χ0n) is 9.90. The molecular formula is C13H15BrN2O. The number of halogens is 1. The molecule has 1 aromatic carbocycles. The fourth-order valence-electron chi connectivity index (χ4n) is 1.55. The lowest BCUT2D eigenvalue weighted by Gasteiger charge is -2.07. The van der Waals surface area contributed by atoms with E-state index in [1.807, 2.05) is 38.1 Å². The van der Waals surface area contributed by atoms with Crippen LogP contribution >= 0.6 is 15.9 Å². The van der Waals surface area contributed by atoms with Gasteiger partial charge in [0.15, 0.2) is 0 Å². The van der Waals surface area contributed by atoms with E-state index in [1.165, 1.54) is 0 Å². The Morgan fingerprint density at radius 1 is 1.41 bits per heavy atom. The molecule has 0 aliphatic carbocycles. The van der Waals surface area contributed by atoms with Crippen molar-refractivity contribution in [1.82, 2.24) is 0 Å². The third kappa shape index (κ3) is 3.09. The Morgan fingerprint density at radius 3 is 2.59 bits per heavy atom. The molecule has 0 amide bonds. The summed E-state index contributed by atoms with van der Waals surface area (Å²) in [6.07, 6.45) is 1.78. The van der Waals surface area contributed by atoms with E-state index in [0.29, 0.717) is 18.2 Å². The first-order valence-electron chi connectivity index (χ1n) is 5.42. The molecule has 0 radical (unpaired) electrons. The summed E-state index contributed by atoms with van der Waals surface area (Å²) < 4.78 is 6.50. The van der Waals surface area contributed by atoms with Crippen LogP contribution in [-0.2, 0) is 4.74 Å². The molecule has 1 heterocycles. The Balaban J connectivity index is 2.20. The molecule has 1 aliphatic rings. The summed E-state index contributed by atoms with van der Waals surface area (Å²) in [6, 6.07) is 7.82. The molecule has 0 unspecified atom stereocenters. The second-order valence-electron chi connectivity index (χ2n) is 4.66. The minimum absolute atomic E-state index is 0.147. The maximum atomic E-state index is 6.00. The van der Waals surface area contributed by atoms with Crippen LogP contribution in [0.25, 0.3) is 5.70 Å². The van der Waals surface area contributed by atoms with Gasteiger partial charge in [0.1, 0.15) is 6.61 Å². The summed E-state index contributed by atoms with van der Waals surface area (Å²) in [6.45, 7) is 4.67. The highest BCUT2D eigenvalue weighted by atomic mass is 79.9. The van der Waals surface area contributed by atoms with Gasteiger partial charge in [-0.25, -0.2) is 4.99 Å². The van der Waals surface area contributed by atoms with Crippen LogP contribution in [0.15, 0.2) is 39.8 Å². The van der Waals surface area contributed by atoms with Gasteiger partial charge < -0.3 is 10.5 Å². The Hall–Kier alpha value is -1.29. The monoisotopic (exact) mass is 294 g/mol. The van der Waals surface area contributed by atoms with E-state index in [2.05, 4.69) is 20.9 Å². The molecule has 4 heteroatoms. The number of nitrogens with two attached hydrogens (primary N) is 1. The zero-order chi connectivity index (χ0) is 12.5. The van der Waals surface area contributed by atoms with Crippen LogP contribution in [0.2, 0.25) is 0 Å². The minimum atomic E-state index is -0.147. The number of nitrogens with zero attached hydrogens (tertiary/aromatic N) is 1. The van der Waals surface area contributed by atoms with Crippen LogP contribution < -0.4 is 5.73 Å². The number of hydrogen-bond acceptors (Lipinski definition) is 3. The standard InChI is InChI=1S/C13H15BrN2O/c1-13(2)8-17-12(16-13)7-11(15)9-3-5-10(14)6-4-9/h3-7H,8,15H2,1-2H3/b11-7-. The third-order valence-corrected chi connectivity index (χ3v) is 2.97. The van der Waals surface area contributed by atoms with Crippen molar-refractivity contribution in [1.29, 1.82) is 0 Å². The van der Waals surface area contributed by atoms with Crippen molar-refractivity contribution >= 4 is 27.5 Å². The normalized spacial score (nSPS) is 18.8. The first-order valence-corrected chi connectivity index (χ1v) is 6.21. The van der Waals surface area contributed by atoms with Crippen LogP contribution in [0.5, 0.6) is 0 Å². The molecule has 2 rings (SSSR count). The predicted octanol–water partition coefficient (Wildman–Crippen LogP) is 2.96. The summed E-state index contributed by atoms with van der Waals surface area (Å²) in [5.74, 6) is 0.607. The fraction of sp³-hybridized carbons (Fsp3) is 0.308. The molecule has 90 valence electrons. The Morgan fingerprint density at radius 2 is 2.06 bits per heavy atom. The SMILES string of the molecule is CC1(C)COC(/C=C(\N)c2ccc(Br)cc2)=N1. The van der Waals surface area contributed by atoms with Crippen molar-refractivity contribution in [3.63, 3.8) is 0 Å². The van der Waals surface area contributed by atoms with E-state index in [9.17, 15) is 0 Å². The fourth-order valence-corrected chi connectivity index (χ4v) is 1.81. The van der Waals surface area contributed by atoms with Gasteiger partial charge in [0, 0.05) is 16.2 Å². The third-order valence-electron chi connectivity index (χ3n) is 2.44. The number of ether oxygens (including phenoxy) is 1. The first-order chi connectivity index (χ1) is 7.96. The molecule has 1 aliphatic heterocycles. The minimum Gasteiger partial charge on any atom is -0.475 e. The summed E-state index contributed by atoms with van der Waals surface area (Å²) >= 11 is 3.39. The Bertz CT molecular complexity index is 475.